The van der Waals surface area contributed by atoms with Gasteiger partial charge in [0.1, 0.15) is 11.9 Å². The van der Waals surface area contributed by atoms with Crippen LogP contribution >= 0.6 is 15.9 Å². The zero-order valence-electron chi connectivity index (χ0n) is 10.5. The van der Waals surface area contributed by atoms with Crippen LogP contribution in [0.1, 0.15) is 17.2 Å². The Kier molecular flexibility index (Phi) is 3.31. The van der Waals surface area contributed by atoms with Crippen LogP contribution in [0, 0.1) is 5.82 Å². The molecule has 2 aromatic rings. The zero-order valence-corrected chi connectivity index (χ0v) is 12.1. The lowest BCUT2D eigenvalue weighted by molar-refractivity contribution is -0.119. The van der Waals surface area contributed by atoms with Gasteiger partial charge in [-0.1, -0.05) is 34.1 Å². The summed E-state index contributed by atoms with van der Waals surface area (Å²) in [6.07, 6.45) is 0. The molecule has 0 aliphatic carbocycles. The topological polar surface area (TPSA) is 46.3 Å². The molecule has 1 aliphatic rings. The number of hydrogen-bond acceptors (Lipinski definition) is 2. The van der Waals surface area contributed by atoms with Gasteiger partial charge in [0.25, 0.3) is 0 Å². The van der Waals surface area contributed by atoms with Gasteiger partial charge in [-0.25, -0.2) is 4.39 Å². The molecule has 2 aromatic carbocycles. The number of carbonyl (C=O) groups is 1. The zero-order chi connectivity index (χ0) is 14.3. The monoisotopic (exact) mass is 334 g/mol. The Bertz CT molecular complexity index is 689. The molecule has 0 aromatic heterocycles. The minimum Gasteiger partial charge on any atom is -0.316 e. The number of carbonyl (C=O) groups excluding carboxylic acids is 1. The Morgan fingerprint density at radius 3 is 2.75 bits per heavy atom. The summed E-state index contributed by atoms with van der Waals surface area (Å²) in [6, 6.07) is 11.3. The highest BCUT2D eigenvalue weighted by atomic mass is 79.9. The van der Waals surface area contributed by atoms with E-state index in [1.807, 2.05) is 18.2 Å². The first-order valence-electron chi connectivity index (χ1n) is 6.18. The van der Waals surface area contributed by atoms with E-state index in [0.717, 1.165) is 15.7 Å². The molecule has 102 valence electrons. The molecule has 1 unspecified atom stereocenters. The number of benzene rings is 2. The van der Waals surface area contributed by atoms with Gasteiger partial charge < -0.3 is 10.6 Å². The van der Waals surface area contributed by atoms with Crippen LogP contribution in [-0.2, 0) is 11.3 Å². The van der Waals surface area contributed by atoms with E-state index in [9.17, 15) is 9.18 Å². The fourth-order valence-electron chi connectivity index (χ4n) is 2.40. The van der Waals surface area contributed by atoms with E-state index in [0.29, 0.717) is 5.56 Å². The normalized spacial score (nSPS) is 17.4. The van der Waals surface area contributed by atoms with Gasteiger partial charge >= 0.3 is 0 Å². The maximum atomic E-state index is 13.7. The standard InChI is InChI=1S/C15H12BrFN2O/c16-10-5-6-13-11(7-10)14(18)15(20)19(13)8-9-3-1-2-4-12(9)17/h1-7,14H,8,18H2. The lowest BCUT2D eigenvalue weighted by atomic mass is 10.1. The first kappa shape index (κ1) is 13.3. The highest BCUT2D eigenvalue weighted by molar-refractivity contribution is 9.10. The van der Waals surface area contributed by atoms with Gasteiger partial charge in [-0.2, -0.15) is 0 Å². The van der Waals surface area contributed by atoms with Gasteiger partial charge in [-0.15, -0.1) is 0 Å². The second-order valence-electron chi connectivity index (χ2n) is 4.70. The molecule has 3 rings (SSSR count). The van der Waals surface area contributed by atoms with Crippen molar-refractivity contribution < 1.29 is 9.18 Å². The second-order valence-corrected chi connectivity index (χ2v) is 5.61. The number of hydrogen-bond donors (Lipinski definition) is 1. The van der Waals surface area contributed by atoms with E-state index in [-0.39, 0.29) is 18.3 Å². The van der Waals surface area contributed by atoms with Crippen molar-refractivity contribution in [2.24, 2.45) is 5.73 Å². The Labute approximate surface area is 124 Å². The molecule has 1 amide bonds. The average molecular weight is 335 g/mol. The quantitative estimate of drug-likeness (QED) is 0.917. The summed E-state index contributed by atoms with van der Waals surface area (Å²) >= 11 is 3.37. The first-order valence-corrected chi connectivity index (χ1v) is 6.97. The van der Waals surface area contributed by atoms with Crippen LogP contribution in [0.3, 0.4) is 0 Å². The molecule has 1 aliphatic heterocycles. The van der Waals surface area contributed by atoms with Gasteiger partial charge in [0.2, 0.25) is 5.91 Å². The molecule has 0 fully saturated rings. The van der Waals surface area contributed by atoms with Crippen LogP contribution in [0.15, 0.2) is 46.9 Å². The summed E-state index contributed by atoms with van der Waals surface area (Å²) in [7, 11) is 0. The van der Waals surface area contributed by atoms with E-state index < -0.39 is 6.04 Å². The fourth-order valence-corrected chi connectivity index (χ4v) is 2.78. The number of fused-ring (bicyclic) bond motifs is 1. The maximum Gasteiger partial charge on any atom is 0.248 e. The van der Waals surface area contributed by atoms with Gasteiger partial charge in [0, 0.05) is 21.3 Å². The summed E-state index contributed by atoms with van der Waals surface area (Å²) in [5, 5.41) is 0. The maximum absolute atomic E-state index is 13.7. The molecule has 0 spiro atoms. The van der Waals surface area contributed by atoms with Crippen LogP contribution in [0.5, 0.6) is 0 Å². The Morgan fingerprint density at radius 2 is 2.00 bits per heavy atom. The number of nitrogens with two attached hydrogens (primary N) is 1. The number of amides is 1. The van der Waals surface area contributed by atoms with Crippen molar-refractivity contribution in [2.45, 2.75) is 12.6 Å². The van der Waals surface area contributed by atoms with Crippen molar-refractivity contribution >= 4 is 27.5 Å². The highest BCUT2D eigenvalue weighted by Crippen LogP contribution is 2.37. The molecule has 0 saturated carbocycles. The van der Waals surface area contributed by atoms with Crippen molar-refractivity contribution in [1.82, 2.24) is 0 Å². The number of rotatable bonds is 2. The Balaban J connectivity index is 2.00. The minimum atomic E-state index is -0.686. The van der Waals surface area contributed by atoms with Gasteiger partial charge in [-0.05, 0) is 24.3 Å². The smallest absolute Gasteiger partial charge is 0.248 e. The fraction of sp³-hybridized carbons (Fsp3) is 0.133. The molecule has 0 radical (unpaired) electrons. The van der Waals surface area contributed by atoms with E-state index >= 15 is 0 Å². The van der Waals surface area contributed by atoms with Crippen LogP contribution in [0.25, 0.3) is 0 Å². The van der Waals surface area contributed by atoms with Crippen LogP contribution in [0.4, 0.5) is 10.1 Å². The third kappa shape index (κ3) is 2.13. The summed E-state index contributed by atoms with van der Waals surface area (Å²) in [5.74, 6) is -0.527. The first-order chi connectivity index (χ1) is 9.58. The van der Waals surface area contributed by atoms with Crippen LogP contribution < -0.4 is 10.6 Å². The van der Waals surface area contributed by atoms with E-state index in [4.69, 9.17) is 5.73 Å². The predicted molar refractivity (Wildman–Crippen MR) is 78.7 cm³/mol. The third-order valence-electron chi connectivity index (χ3n) is 3.43. The number of halogens is 2. The summed E-state index contributed by atoms with van der Waals surface area (Å²) in [4.78, 5) is 13.8. The van der Waals surface area contributed by atoms with E-state index in [1.165, 1.54) is 11.0 Å². The van der Waals surface area contributed by atoms with Gasteiger partial charge in [0.15, 0.2) is 0 Å². The molecular weight excluding hydrogens is 323 g/mol. The van der Waals surface area contributed by atoms with Gasteiger partial charge in [-0.3, -0.25) is 4.79 Å². The predicted octanol–water partition coefficient (Wildman–Crippen LogP) is 3.13. The largest absolute Gasteiger partial charge is 0.316 e. The molecule has 0 bridgehead atoms. The summed E-state index contributed by atoms with van der Waals surface area (Å²) in [5.41, 5.74) is 7.92. The number of nitrogens with zero attached hydrogens (tertiary/aromatic N) is 1. The summed E-state index contributed by atoms with van der Waals surface area (Å²) < 4.78 is 14.6. The Morgan fingerprint density at radius 1 is 1.25 bits per heavy atom. The Hall–Kier alpha value is -1.72. The lowest BCUT2D eigenvalue weighted by Crippen LogP contribution is -2.31. The SMILES string of the molecule is NC1C(=O)N(Cc2ccccc2F)c2ccc(Br)cc21. The highest BCUT2D eigenvalue weighted by Gasteiger charge is 2.35. The van der Waals surface area contributed by atoms with Gasteiger partial charge in [0.05, 0.1) is 6.54 Å². The minimum absolute atomic E-state index is 0.188. The molecular formula is C15H12BrFN2O. The molecule has 5 heteroatoms. The lowest BCUT2D eigenvalue weighted by Gasteiger charge is -2.18. The van der Waals surface area contributed by atoms with Crippen molar-refractivity contribution in [3.05, 3.63) is 63.9 Å². The van der Waals surface area contributed by atoms with E-state index in [1.54, 1.807) is 18.2 Å². The average Bonchev–Trinajstić information content (AvgIpc) is 2.66. The molecule has 1 heterocycles. The molecule has 20 heavy (non-hydrogen) atoms. The second kappa shape index (κ2) is 5.00. The van der Waals surface area contributed by atoms with Crippen molar-refractivity contribution in [2.75, 3.05) is 4.90 Å². The summed E-state index contributed by atoms with van der Waals surface area (Å²) in [6.45, 7) is 0.188. The van der Waals surface area contributed by atoms with E-state index in [2.05, 4.69) is 15.9 Å². The molecule has 0 saturated heterocycles. The molecule has 3 nitrogen and oxygen atoms in total. The van der Waals surface area contributed by atoms with Crippen molar-refractivity contribution in [1.29, 1.82) is 0 Å². The number of anilines is 1. The van der Waals surface area contributed by atoms with Crippen molar-refractivity contribution in [3.63, 3.8) is 0 Å². The molecule has 2 N–H and O–H groups in total. The molecule has 1 atom stereocenters. The van der Waals surface area contributed by atoms with Crippen LogP contribution in [-0.4, -0.2) is 5.91 Å². The van der Waals surface area contributed by atoms with Crippen LogP contribution in [0.2, 0.25) is 0 Å². The van der Waals surface area contributed by atoms with Crippen molar-refractivity contribution in [3.8, 4) is 0 Å². The third-order valence-corrected chi connectivity index (χ3v) is 3.93.